The summed E-state index contributed by atoms with van der Waals surface area (Å²) in [5, 5.41) is 8.35. The van der Waals surface area contributed by atoms with E-state index in [1.165, 1.54) is 35.6 Å². The zero-order valence-corrected chi connectivity index (χ0v) is 17.5. The van der Waals surface area contributed by atoms with Crippen LogP contribution in [-0.4, -0.2) is 43.1 Å². The standard InChI is InChI=1S/C18H16F3N5O2S2/c1-11(15(27)28-2)30-17-25-24-14(10-29-16-22-7-4-8-23-16)26(17)13-6-3-5-12(9-13)18(19,20)21/h3-9,11H,10H2,1-2H3/t11-/m1/s1. The van der Waals surface area contributed by atoms with Gasteiger partial charge in [0.25, 0.3) is 0 Å². The number of rotatable bonds is 7. The molecule has 3 aromatic rings. The number of hydrogen-bond acceptors (Lipinski definition) is 8. The van der Waals surface area contributed by atoms with Crippen LogP contribution in [0.1, 0.15) is 18.3 Å². The first kappa shape index (κ1) is 22.1. The molecule has 0 radical (unpaired) electrons. The van der Waals surface area contributed by atoms with Gasteiger partial charge in [-0.05, 0) is 31.2 Å². The number of esters is 1. The van der Waals surface area contributed by atoms with Crippen molar-refractivity contribution < 1.29 is 22.7 Å². The highest BCUT2D eigenvalue weighted by Crippen LogP contribution is 2.33. The van der Waals surface area contributed by atoms with Crippen molar-refractivity contribution in [2.75, 3.05) is 7.11 Å². The number of aromatic nitrogens is 5. The molecular formula is C18H16F3N5O2S2. The zero-order chi connectivity index (χ0) is 21.7. The lowest BCUT2D eigenvalue weighted by Crippen LogP contribution is -2.16. The van der Waals surface area contributed by atoms with Crippen LogP contribution >= 0.6 is 23.5 Å². The molecule has 2 heterocycles. The molecule has 3 rings (SSSR count). The Morgan fingerprint density at radius 2 is 1.93 bits per heavy atom. The van der Waals surface area contributed by atoms with E-state index in [0.717, 1.165) is 23.9 Å². The highest BCUT2D eigenvalue weighted by Gasteiger charge is 2.31. The predicted octanol–water partition coefficient (Wildman–Crippen LogP) is 4.02. The third-order valence-corrected chi connectivity index (χ3v) is 5.71. The molecule has 2 aromatic heterocycles. The summed E-state index contributed by atoms with van der Waals surface area (Å²) in [6.45, 7) is 1.62. The molecular weight excluding hydrogens is 439 g/mol. The van der Waals surface area contributed by atoms with Gasteiger partial charge >= 0.3 is 12.1 Å². The minimum atomic E-state index is -4.50. The molecule has 0 aliphatic rings. The summed E-state index contributed by atoms with van der Waals surface area (Å²) in [7, 11) is 1.26. The Hall–Kier alpha value is -2.60. The average Bonchev–Trinajstić information content (AvgIpc) is 3.14. The van der Waals surface area contributed by atoms with E-state index in [0.29, 0.717) is 11.0 Å². The second-order valence-electron chi connectivity index (χ2n) is 5.89. The fourth-order valence-corrected chi connectivity index (χ4v) is 4.04. The van der Waals surface area contributed by atoms with Gasteiger partial charge in [0.2, 0.25) is 0 Å². The SMILES string of the molecule is COC(=O)[C@@H](C)Sc1nnc(CSc2ncccn2)n1-c1cccc(C(F)(F)F)c1. The molecule has 0 saturated heterocycles. The number of thioether (sulfide) groups is 2. The van der Waals surface area contributed by atoms with Crippen molar-refractivity contribution in [1.82, 2.24) is 24.7 Å². The number of nitrogens with zero attached hydrogens (tertiary/aromatic N) is 5. The molecule has 7 nitrogen and oxygen atoms in total. The Labute approximate surface area is 178 Å². The van der Waals surface area contributed by atoms with E-state index in [2.05, 4.69) is 20.2 Å². The number of halogens is 3. The van der Waals surface area contributed by atoms with Gasteiger partial charge in [-0.3, -0.25) is 9.36 Å². The molecule has 0 amide bonds. The van der Waals surface area contributed by atoms with Gasteiger partial charge in [-0.15, -0.1) is 10.2 Å². The summed E-state index contributed by atoms with van der Waals surface area (Å²) in [5.41, 5.74) is -0.561. The number of hydrogen-bond donors (Lipinski definition) is 0. The molecule has 30 heavy (non-hydrogen) atoms. The van der Waals surface area contributed by atoms with Crippen molar-refractivity contribution in [3.8, 4) is 5.69 Å². The maximum absolute atomic E-state index is 13.2. The molecule has 0 unspecified atom stereocenters. The van der Waals surface area contributed by atoms with Crippen molar-refractivity contribution in [2.24, 2.45) is 0 Å². The summed E-state index contributed by atoms with van der Waals surface area (Å²) >= 11 is 2.31. The van der Waals surface area contributed by atoms with Crippen LogP contribution in [0.15, 0.2) is 53.0 Å². The van der Waals surface area contributed by atoms with Crippen LogP contribution in [0, 0.1) is 0 Å². The number of ether oxygens (including phenoxy) is 1. The molecule has 0 bridgehead atoms. The third-order valence-electron chi connectivity index (χ3n) is 3.82. The van der Waals surface area contributed by atoms with Crippen LogP contribution in [0.3, 0.4) is 0 Å². The fraction of sp³-hybridized carbons (Fsp3) is 0.278. The maximum Gasteiger partial charge on any atom is 0.416 e. The smallest absolute Gasteiger partial charge is 0.416 e. The zero-order valence-electron chi connectivity index (χ0n) is 15.8. The number of carbonyl (C=O) groups excluding carboxylic acids is 1. The average molecular weight is 455 g/mol. The molecule has 158 valence electrons. The van der Waals surface area contributed by atoms with Crippen LogP contribution in [0.2, 0.25) is 0 Å². The number of methoxy groups -OCH3 is 1. The Kier molecular flexibility index (Phi) is 6.98. The largest absolute Gasteiger partial charge is 0.468 e. The summed E-state index contributed by atoms with van der Waals surface area (Å²) in [6.07, 6.45) is -1.32. The van der Waals surface area contributed by atoms with Crippen molar-refractivity contribution in [3.05, 3.63) is 54.1 Å². The van der Waals surface area contributed by atoms with Gasteiger partial charge in [0.1, 0.15) is 11.1 Å². The number of alkyl halides is 3. The van der Waals surface area contributed by atoms with E-state index >= 15 is 0 Å². The molecule has 12 heteroatoms. The van der Waals surface area contributed by atoms with E-state index in [9.17, 15) is 18.0 Å². The lowest BCUT2D eigenvalue weighted by atomic mass is 10.2. The molecule has 0 saturated carbocycles. The maximum atomic E-state index is 13.2. The van der Waals surface area contributed by atoms with Gasteiger partial charge in [-0.25, -0.2) is 9.97 Å². The second-order valence-corrected chi connectivity index (χ2v) is 8.14. The monoisotopic (exact) mass is 455 g/mol. The minimum Gasteiger partial charge on any atom is -0.468 e. The Bertz CT molecular complexity index is 1010. The first-order valence-corrected chi connectivity index (χ1v) is 10.4. The van der Waals surface area contributed by atoms with Crippen molar-refractivity contribution in [2.45, 2.75) is 34.4 Å². The van der Waals surface area contributed by atoms with E-state index in [4.69, 9.17) is 4.74 Å². The molecule has 0 fully saturated rings. The van der Waals surface area contributed by atoms with Gasteiger partial charge < -0.3 is 4.74 Å². The normalized spacial score (nSPS) is 12.6. The molecule has 0 spiro atoms. The number of benzene rings is 1. The highest BCUT2D eigenvalue weighted by molar-refractivity contribution is 8.00. The van der Waals surface area contributed by atoms with Gasteiger partial charge in [0.05, 0.1) is 24.1 Å². The number of carbonyl (C=O) groups is 1. The minimum absolute atomic E-state index is 0.235. The summed E-state index contributed by atoms with van der Waals surface area (Å²) in [4.78, 5) is 20.0. The fourth-order valence-electron chi connectivity index (χ4n) is 2.41. The Morgan fingerprint density at radius 1 is 1.20 bits per heavy atom. The van der Waals surface area contributed by atoms with Crippen molar-refractivity contribution >= 4 is 29.5 Å². The van der Waals surface area contributed by atoms with Gasteiger partial charge in [-0.1, -0.05) is 29.6 Å². The first-order valence-electron chi connectivity index (χ1n) is 8.56. The van der Waals surface area contributed by atoms with E-state index in [1.807, 2.05) is 0 Å². The van der Waals surface area contributed by atoms with E-state index in [-0.39, 0.29) is 16.6 Å². The van der Waals surface area contributed by atoms with Crippen molar-refractivity contribution in [1.29, 1.82) is 0 Å². The molecule has 0 aliphatic carbocycles. The van der Waals surface area contributed by atoms with E-state index in [1.54, 1.807) is 25.4 Å². The quantitative estimate of drug-likeness (QED) is 0.300. The Morgan fingerprint density at radius 3 is 2.60 bits per heavy atom. The van der Waals surface area contributed by atoms with Crippen LogP contribution in [0.25, 0.3) is 5.69 Å². The molecule has 1 atom stereocenters. The van der Waals surface area contributed by atoms with Gasteiger partial charge in [0, 0.05) is 12.4 Å². The van der Waals surface area contributed by atoms with Crippen LogP contribution < -0.4 is 0 Å². The summed E-state index contributed by atoms with van der Waals surface area (Å²) in [5.74, 6) is 0.180. The summed E-state index contributed by atoms with van der Waals surface area (Å²) in [6, 6.07) is 6.53. The lowest BCUT2D eigenvalue weighted by molar-refractivity contribution is -0.139. The molecule has 0 aliphatic heterocycles. The topological polar surface area (TPSA) is 82.8 Å². The highest BCUT2D eigenvalue weighted by atomic mass is 32.2. The van der Waals surface area contributed by atoms with Crippen LogP contribution in [0.4, 0.5) is 13.2 Å². The molecule has 0 N–H and O–H groups in total. The van der Waals surface area contributed by atoms with E-state index < -0.39 is 23.0 Å². The predicted molar refractivity (Wildman–Crippen MR) is 105 cm³/mol. The third kappa shape index (κ3) is 5.30. The van der Waals surface area contributed by atoms with Crippen LogP contribution in [-0.2, 0) is 21.5 Å². The van der Waals surface area contributed by atoms with Crippen molar-refractivity contribution in [3.63, 3.8) is 0 Å². The lowest BCUT2D eigenvalue weighted by Gasteiger charge is -2.14. The summed E-state index contributed by atoms with van der Waals surface area (Å²) < 4.78 is 45.9. The first-order chi connectivity index (χ1) is 14.3. The van der Waals surface area contributed by atoms with Crippen LogP contribution in [0.5, 0.6) is 0 Å². The Balaban J connectivity index is 1.98. The second kappa shape index (κ2) is 9.47. The molecule has 1 aromatic carbocycles. The van der Waals surface area contributed by atoms with Gasteiger partial charge in [-0.2, -0.15) is 13.2 Å². The van der Waals surface area contributed by atoms with Gasteiger partial charge in [0.15, 0.2) is 10.3 Å².